The summed E-state index contributed by atoms with van der Waals surface area (Å²) in [6.45, 7) is 2.09. The second-order valence-electron chi connectivity index (χ2n) is 6.10. The average molecular weight is 244 g/mol. The van der Waals surface area contributed by atoms with Crippen LogP contribution in [0.15, 0.2) is 12.1 Å². The zero-order valence-electron chi connectivity index (χ0n) is 10.7. The van der Waals surface area contributed by atoms with Gasteiger partial charge in [-0.1, -0.05) is 6.07 Å². The Labute approximate surface area is 108 Å². The summed E-state index contributed by atoms with van der Waals surface area (Å²) in [5, 5.41) is 9.97. The Balaban J connectivity index is 1.58. The number of aliphatic hydroxyl groups excluding tert-OH is 1. The minimum atomic E-state index is -0.0746. The van der Waals surface area contributed by atoms with E-state index in [1.807, 2.05) is 0 Å². The van der Waals surface area contributed by atoms with E-state index >= 15 is 0 Å². The van der Waals surface area contributed by atoms with E-state index in [4.69, 9.17) is 4.98 Å². The van der Waals surface area contributed by atoms with E-state index < -0.39 is 0 Å². The van der Waals surface area contributed by atoms with E-state index in [9.17, 15) is 5.11 Å². The number of aryl methyl sites for hydroxylation is 2. The predicted molar refractivity (Wildman–Crippen MR) is 70.7 cm³/mol. The normalized spacial score (nSPS) is 33.8. The lowest BCUT2D eigenvalue weighted by Crippen LogP contribution is -2.25. The van der Waals surface area contributed by atoms with E-state index in [1.54, 1.807) is 0 Å². The number of aliphatic hydroxyl groups is 1. The molecule has 0 amide bonds. The molecule has 3 nitrogen and oxygen atoms in total. The lowest BCUT2D eigenvalue weighted by Gasteiger charge is -2.20. The second-order valence-corrected chi connectivity index (χ2v) is 6.10. The van der Waals surface area contributed by atoms with Crippen molar-refractivity contribution in [2.45, 2.75) is 38.2 Å². The molecule has 3 aliphatic rings. The number of nitrogens with zero attached hydrogens (tertiary/aromatic N) is 2. The fraction of sp³-hybridized carbons (Fsp3) is 0.667. The third-order valence-electron chi connectivity index (χ3n) is 5.06. The first-order chi connectivity index (χ1) is 8.81. The molecule has 1 aromatic rings. The van der Waals surface area contributed by atoms with Gasteiger partial charge in [0.25, 0.3) is 0 Å². The minimum Gasteiger partial charge on any atom is -0.393 e. The van der Waals surface area contributed by atoms with Gasteiger partial charge in [-0.15, -0.1) is 0 Å². The monoisotopic (exact) mass is 244 g/mol. The highest BCUT2D eigenvalue weighted by Gasteiger charge is 2.42. The molecule has 1 aliphatic heterocycles. The van der Waals surface area contributed by atoms with E-state index in [0.717, 1.165) is 31.7 Å². The molecule has 1 saturated heterocycles. The highest BCUT2D eigenvalue weighted by Crippen LogP contribution is 2.39. The molecular weight excluding hydrogens is 224 g/mol. The molecule has 0 radical (unpaired) electrons. The van der Waals surface area contributed by atoms with Gasteiger partial charge >= 0.3 is 0 Å². The van der Waals surface area contributed by atoms with Crippen molar-refractivity contribution in [1.82, 2.24) is 4.98 Å². The Kier molecular flexibility index (Phi) is 2.37. The maximum absolute atomic E-state index is 9.97. The van der Waals surface area contributed by atoms with Gasteiger partial charge in [0.05, 0.1) is 6.10 Å². The second kappa shape index (κ2) is 3.95. The number of anilines is 1. The molecular formula is C15H20N2O. The maximum Gasteiger partial charge on any atom is 0.128 e. The van der Waals surface area contributed by atoms with E-state index in [1.165, 1.54) is 30.5 Å². The fourth-order valence-corrected chi connectivity index (χ4v) is 4.01. The third kappa shape index (κ3) is 1.57. The number of hydrogen-bond acceptors (Lipinski definition) is 3. The van der Waals surface area contributed by atoms with Gasteiger partial charge in [0, 0.05) is 24.7 Å². The van der Waals surface area contributed by atoms with Crippen molar-refractivity contribution in [3.8, 4) is 0 Å². The van der Waals surface area contributed by atoms with Gasteiger partial charge in [0.15, 0.2) is 0 Å². The molecule has 3 heteroatoms. The molecule has 0 aromatic carbocycles. The Morgan fingerprint density at radius 3 is 3.00 bits per heavy atom. The molecule has 1 aromatic heterocycles. The van der Waals surface area contributed by atoms with Crippen LogP contribution < -0.4 is 4.90 Å². The van der Waals surface area contributed by atoms with Crippen LogP contribution in [-0.4, -0.2) is 29.3 Å². The van der Waals surface area contributed by atoms with Gasteiger partial charge in [-0.3, -0.25) is 0 Å². The van der Waals surface area contributed by atoms with Crippen LogP contribution in [-0.2, 0) is 12.8 Å². The van der Waals surface area contributed by atoms with Crippen molar-refractivity contribution in [2.75, 3.05) is 18.0 Å². The zero-order chi connectivity index (χ0) is 12.1. The van der Waals surface area contributed by atoms with Crippen molar-refractivity contribution in [3.05, 3.63) is 23.4 Å². The van der Waals surface area contributed by atoms with Crippen LogP contribution in [0.5, 0.6) is 0 Å². The van der Waals surface area contributed by atoms with E-state index in [0.29, 0.717) is 11.8 Å². The van der Waals surface area contributed by atoms with Crippen LogP contribution in [0.1, 0.15) is 30.5 Å². The van der Waals surface area contributed by atoms with Gasteiger partial charge in [0.2, 0.25) is 0 Å². The lowest BCUT2D eigenvalue weighted by atomic mass is 10.00. The van der Waals surface area contributed by atoms with Crippen LogP contribution in [0.3, 0.4) is 0 Å². The van der Waals surface area contributed by atoms with Gasteiger partial charge in [-0.25, -0.2) is 4.98 Å². The predicted octanol–water partition coefficient (Wildman–Crippen LogP) is 1.78. The number of pyridine rings is 1. The first-order valence-corrected chi connectivity index (χ1v) is 7.23. The maximum atomic E-state index is 9.97. The Bertz CT molecular complexity index is 474. The topological polar surface area (TPSA) is 36.4 Å². The molecule has 0 bridgehead atoms. The smallest absolute Gasteiger partial charge is 0.128 e. The van der Waals surface area contributed by atoms with Crippen molar-refractivity contribution in [1.29, 1.82) is 0 Å². The zero-order valence-corrected chi connectivity index (χ0v) is 10.7. The molecule has 3 atom stereocenters. The highest BCUT2D eigenvalue weighted by atomic mass is 16.3. The molecule has 2 heterocycles. The lowest BCUT2D eigenvalue weighted by molar-refractivity contribution is 0.133. The minimum absolute atomic E-state index is 0.0746. The van der Waals surface area contributed by atoms with Crippen molar-refractivity contribution >= 4 is 5.82 Å². The highest BCUT2D eigenvalue weighted by molar-refractivity contribution is 5.44. The summed E-state index contributed by atoms with van der Waals surface area (Å²) in [5.41, 5.74) is 2.75. The SMILES string of the molecule is OC1CCC2CN(c3ccc4c(n3)CCC4)CC12. The molecule has 18 heavy (non-hydrogen) atoms. The number of fused-ring (bicyclic) bond motifs is 2. The molecule has 1 N–H and O–H groups in total. The Morgan fingerprint density at radius 2 is 2.11 bits per heavy atom. The van der Waals surface area contributed by atoms with Crippen molar-refractivity contribution in [3.63, 3.8) is 0 Å². The van der Waals surface area contributed by atoms with Crippen LogP contribution >= 0.6 is 0 Å². The molecule has 2 aliphatic carbocycles. The first kappa shape index (κ1) is 10.8. The summed E-state index contributed by atoms with van der Waals surface area (Å²) >= 11 is 0. The number of aromatic nitrogens is 1. The van der Waals surface area contributed by atoms with Crippen LogP contribution in [0.2, 0.25) is 0 Å². The van der Waals surface area contributed by atoms with Gasteiger partial charge < -0.3 is 10.0 Å². The Hall–Kier alpha value is -1.09. The number of rotatable bonds is 1. The van der Waals surface area contributed by atoms with Crippen LogP contribution in [0.4, 0.5) is 5.82 Å². The fourth-order valence-electron chi connectivity index (χ4n) is 4.01. The third-order valence-corrected chi connectivity index (χ3v) is 5.06. The van der Waals surface area contributed by atoms with E-state index in [2.05, 4.69) is 17.0 Å². The average Bonchev–Trinajstić information content (AvgIpc) is 3.05. The summed E-state index contributed by atoms with van der Waals surface area (Å²) < 4.78 is 0. The molecule has 0 spiro atoms. The van der Waals surface area contributed by atoms with Gasteiger partial charge in [-0.05, 0) is 49.7 Å². The van der Waals surface area contributed by atoms with Gasteiger partial charge in [0.1, 0.15) is 5.82 Å². The summed E-state index contributed by atoms with van der Waals surface area (Å²) in [6.07, 6.45) is 5.72. The van der Waals surface area contributed by atoms with E-state index in [-0.39, 0.29) is 6.10 Å². The van der Waals surface area contributed by atoms with Crippen LogP contribution in [0.25, 0.3) is 0 Å². The molecule has 3 unspecified atom stereocenters. The van der Waals surface area contributed by atoms with Gasteiger partial charge in [-0.2, -0.15) is 0 Å². The summed E-state index contributed by atoms with van der Waals surface area (Å²) in [4.78, 5) is 7.22. The molecule has 4 rings (SSSR count). The summed E-state index contributed by atoms with van der Waals surface area (Å²) in [6, 6.07) is 4.44. The largest absolute Gasteiger partial charge is 0.393 e. The van der Waals surface area contributed by atoms with Crippen molar-refractivity contribution < 1.29 is 5.11 Å². The summed E-state index contributed by atoms with van der Waals surface area (Å²) in [7, 11) is 0. The van der Waals surface area contributed by atoms with Crippen molar-refractivity contribution in [2.24, 2.45) is 11.8 Å². The number of hydrogen-bond donors (Lipinski definition) is 1. The first-order valence-electron chi connectivity index (χ1n) is 7.23. The molecule has 96 valence electrons. The summed E-state index contributed by atoms with van der Waals surface area (Å²) in [5.74, 6) is 2.31. The standard InChI is InChI=1S/C15H20N2O/c18-14-6-4-11-8-17(9-12(11)14)15-7-5-10-2-1-3-13(10)16-15/h5,7,11-12,14,18H,1-4,6,8-9H2. The molecule has 1 saturated carbocycles. The quantitative estimate of drug-likeness (QED) is 0.818. The van der Waals surface area contributed by atoms with Crippen LogP contribution in [0, 0.1) is 11.8 Å². The Morgan fingerprint density at radius 1 is 1.17 bits per heavy atom. The molecule has 2 fully saturated rings.